The highest BCUT2D eigenvalue weighted by Crippen LogP contribution is 2.21. The lowest BCUT2D eigenvalue weighted by Gasteiger charge is -2.17. The number of nitriles is 1. The summed E-state index contributed by atoms with van der Waals surface area (Å²) in [5.41, 5.74) is 6.74. The van der Waals surface area contributed by atoms with Gasteiger partial charge < -0.3 is 10.3 Å². The van der Waals surface area contributed by atoms with Crippen LogP contribution in [0, 0.1) is 11.3 Å². The third-order valence-corrected chi connectivity index (χ3v) is 2.80. The minimum Gasteiger partial charge on any atom is -0.328 e. The fraction of sp³-hybridized carbons (Fsp3) is 0.167. The van der Waals surface area contributed by atoms with Gasteiger partial charge >= 0.3 is 0 Å². The minimum absolute atomic E-state index is 0.120. The van der Waals surface area contributed by atoms with E-state index in [1.165, 1.54) is 0 Å². The largest absolute Gasteiger partial charge is 0.328 e. The Morgan fingerprint density at radius 1 is 1.53 bits per heavy atom. The molecule has 1 heterocycles. The molecule has 0 fully saturated rings. The lowest BCUT2D eigenvalue weighted by atomic mass is 10.1. The standard InChI is InChI=1S/C12H11ClN4/c13-10-3-1-2-9(6-10)11(7-14)17-5-4-16-12(17)8-15/h1-6,11H,7,14H2. The zero-order chi connectivity index (χ0) is 12.3. The number of hydrogen-bond donors (Lipinski definition) is 1. The summed E-state index contributed by atoms with van der Waals surface area (Å²) < 4.78 is 1.76. The summed E-state index contributed by atoms with van der Waals surface area (Å²) in [6.07, 6.45) is 3.34. The van der Waals surface area contributed by atoms with E-state index in [1.807, 2.05) is 24.3 Å². The van der Waals surface area contributed by atoms with Gasteiger partial charge in [-0.3, -0.25) is 0 Å². The molecule has 0 aliphatic heterocycles. The number of halogens is 1. The molecule has 0 saturated carbocycles. The Morgan fingerprint density at radius 2 is 2.35 bits per heavy atom. The Bertz CT molecular complexity index is 556. The highest BCUT2D eigenvalue weighted by molar-refractivity contribution is 6.30. The van der Waals surface area contributed by atoms with Gasteiger partial charge in [-0.05, 0) is 17.7 Å². The normalized spacial score (nSPS) is 12.1. The second-order valence-electron chi connectivity index (χ2n) is 3.58. The van der Waals surface area contributed by atoms with Gasteiger partial charge in [0.05, 0.1) is 6.04 Å². The molecular weight excluding hydrogens is 236 g/mol. The van der Waals surface area contributed by atoms with E-state index in [2.05, 4.69) is 4.98 Å². The molecule has 86 valence electrons. The van der Waals surface area contributed by atoms with Crippen LogP contribution in [0.5, 0.6) is 0 Å². The maximum atomic E-state index is 8.95. The third-order valence-electron chi connectivity index (χ3n) is 2.56. The molecule has 0 spiro atoms. The molecule has 4 nitrogen and oxygen atoms in total. The van der Waals surface area contributed by atoms with Crippen LogP contribution >= 0.6 is 11.6 Å². The summed E-state index contributed by atoms with van der Waals surface area (Å²) in [7, 11) is 0. The number of nitrogens with zero attached hydrogens (tertiary/aromatic N) is 3. The molecule has 1 aromatic carbocycles. The van der Waals surface area contributed by atoms with Crippen molar-refractivity contribution in [2.24, 2.45) is 5.73 Å². The molecule has 0 radical (unpaired) electrons. The van der Waals surface area contributed by atoms with Crippen molar-refractivity contribution < 1.29 is 0 Å². The van der Waals surface area contributed by atoms with Crippen LogP contribution in [0.2, 0.25) is 5.02 Å². The van der Waals surface area contributed by atoms with E-state index in [0.717, 1.165) is 5.56 Å². The van der Waals surface area contributed by atoms with Crippen molar-refractivity contribution in [1.29, 1.82) is 5.26 Å². The van der Waals surface area contributed by atoms with Gasteiger partial charge in [-0.1, -0.05) is 23.7 Å². The molecule has 2 rings (SSSR count). The van der Waals surface area contributed by atoms with Crippen LogP contribution in [0.4, 0.5) is 0 Å². The number of benzene rings is 1. The summed E-state index contributed by atoms with van der Waals surface area (Å²) in [5.74, 6) is 0.348. The summed E-state index contributed by atoms with van der Waals surface area (Å²) in [4.78, 5) is 3.96. The molecular formula is C12H11ClN4. The monoisotopic (exact) mass is 246 g/mol. The van der Waals surface area contributed by atoms with Crippen LogP contribution in [0.3, 0.4) is 0 Å². The minimum atomic E-state index is -0.120. The van der Waals surface area contributed by atoms with E-state index in [1.54, 1.807) is 23.0 Å². The maximum Gasteiger partial charge on any atom is 0.213 e. The predicted molar refractivity (Wildman–Crippen MR) is 65.6 cm³/mol. The average molecular weight is 247 g/mol. The highest BCUT2D eigenvalue weighted by atomic mass is 35.5. The lowest BCUT2D eigenvalue weighted by Crippen LogP contribution is -2.21. The van der Waals surface area contributed by atoms with Gasteiger partial charge in [0.15, 0.2) is 0 Å². The van der Waals surface area contributed by atoms with Crippen LogP contribution in [0.1, 0.15) is 17.4 Å². The molecule has 0 bridgehead atoms. The van der Waals surface area contributed by atoms with Crippen molar-refractivity contribution in [2.75, 3.05) is 6.54 Å². The number of aromatic nitrogens is 2. The van der Waals surface area contributed by atoms with Gasteiger partial charge in [0, 0.05) is 24.0 Å². The van der Waals surface area contributed by atoms with Crippen molar-refractivity contribution in [1.82, 2.24) is 9.55 Å². The average Bonchev–Trinajstić information content (AvgIpc) is 2.78. The first-order chi connectivity index (χ1) is 8.26. The van der Waals surface area contributed by atoms with Crippen LogP contribution < -0.4 is 5.73 Å². The van der Waals surface area contributed by atoms with Crippen molar-refractivity contribution in [3.8, 4) is 6.07 Å². The van der Waals surface area contributed by atoms with Crippen LogP contribution in [-0.2, 0) is 0 Å². The van der Waals surface area contributed by atoms with Crippen molar-refractivity contribution in [3.63, 3.8) is 0 Å². The summed E-state index contributed by atoms with van der Waals surface area (Å²) in [5, 5.41) is 9.61. The van der Waals surface area contributed by atoms with Crippen LogP contribution in [0.25, 0.3) is 0 Å². The van der Waals surface area contributed by atoms with E-state index in [0.29, 0.717) is 17.4 Å². The van der Waals surface area contributed by atoms with Crippen LogP contribution in [0.15, 0.2) is 36.7 Å². The van der Waals surface area contributed by atoms with E-state index in [4.69, 9.17) is 22.6 Å². The number of nitrogens with two attached hydrogens (primary N) is 1. The van der Waals surface area contributed by atoms with Crippen LogP contribution in [-0.4, -0.2) is 16.1 Å². The van der Waals surface area contributed by atoms with Crippen molar-refractivity contribution >= 4 is 11.6 Å². The third kappa shape index (κ3) is 2.31. The molecule has 0 amide bonds. The Kier molecular flexibility index (Phi) is 3.43. The first kappa shape index (κ1) is 11.6. The molecule has 2 aromatic rings. The first-order valence-electron chi connectivity index (χ1n) is 5.14. The fourth-order valence-electron chi connectivity index (χ4n) is 1.78. The molecule has 5 heteroatoms. The molecule has 0 aliphatic carbocycles. The Balaban J connectivity index is 2.44. The molecule has 17 heavy (non-hydrogen) atoms. The van der Waals surface area contributed by atoms with Gasteiger partial charge in [0.1, 0.15) is 6.07 Å². The molecule has 1 atom stereocenters. The van der Waals surface area contributed by atoms with Gasteiger partial charge in [-0.15, -0.1) is 0 Å². The van der Waals surface area contributed by atoms with E-state index in [9.17, 15) is 0 Å². The predicted octanol–water partition coefficient (Wildman–Crippen LogP) is 1.96. The number of rotatable bonds is 3. The van der Waals surface area contributed by atoms with Gasteiger partial charge in [0.2, 0.25) is 5.82 Å². The maximum absolute atomic E-state index is 8.95. The Labute approximate surface area is 104 Å². The van der Waals surface area contributed by atoms with Gasteiger partial charge in [-0.2, -0.15) is 5.26 Å². The molecule has 2 N–H and O–H groups in total. The van der Waals surface area contributed by atoms with E-state index >= 15 is 0 Å². The van der Waals surface area contributed by atoms with E-state index in [-0.39, 0.29) is 6.04 Å². The summed E-state index contributed by atoms with van der Waals surface area (Å²) >= 11 is 5.95. The van der Waals surface area contributed by atoms with E-state index < -0.39 is 0 Å². The quantitative estimate of drug-likeness (QED) is 0.900. The topological polar surface area (TPSA) is 67.6 Å². The fourth-order valence-corrected chi connectivity index (χ4v) is 1.97. The SMILES string of the molecule is N#Cc1nccn1C(CN)c1cccc(Cl)c1. The van der Waals surface area contributed by atoms with Gasteiger partial charge in [0.25, 0.3) is 0 Å². The molecule has 1 aromatic heterocycles. The van der Waals surface area contributed by atoms with Gasteiger partial charge in [-0.25, -0.2) is 4.98 Å². The Morgan fingerprint density at radius 3 is 3.00 bits per heavy atom. The zero-order valence-electron chi connectivity index (χ0n) is 9.05. The zero-order valence-corrected chi connectivity index (χ0v) is 9.80. The van der Waals surface area contributed by atoms with Crippen molar-refractivity contribution in [2.45, 2.75) is 6.04 Å². The Hall–Kier alpha value is -1.83. The number of hydrogen-bond acceptors (Lipinski definition) is 3. The summed E-state index contributed by atoms with van der Waals surface area (Å²) in [6.45, 7) is 0.380. The second kappa shape index (κ2) is 5.00. The summed E-state index contributed by atoms with van der Waals surface area (Å²) in [6, 6.07) is 9.37. The lowest BCUT2D eigenvalue weighted by molar-refractivity contribution is 0.587. The number of imidazole rings is 1. The second-order valence-corrected chi connectivity index (χ2v) is 4.01. The molecule has 0 saturated heterocycles. The smallest absolute Gasteiger partial charge is 0.213 e. The molecule has 1 unspecified atom stereocenters. The van der Waals surface area contributed by atoms with Crippen molar-refractivity contribution in [3.05, 3.63) is 53.1 Å². The first-order valence-corrected chi connectivity index (χ1v) is 5.52. The highest BCUT2D eigenvalue weighted by Gasteiger charge is 2.15. The molecule has 0 aliphatic rings.